The molecule has 3 N–H and O–H groups in total. The van der Waals surface area contributed by atoms with E-state index in [2.05, 4.69) is 10.3 Å². The number of hydrogen-bond donors (Lipinski definition) is 3. The molecule has 0 aliphatic heterocycles. The maximum Gasteiger partial charge on any atom is 0.270 e. The van der Waals surface area contributed by atoms with Gasteiger partial charge >= 0.3 is 0 Å². The summed E-state index contributed by atoms with van der Waals surface area (Å²) in [4.78, 5) is 16.1. The van der Waals surface area contributed by atoms with E-state index in [4.69, 9.17) is 4.74 Å². The predicted octanol–water partition coefficient (Wildman–Crippen LogP) is 1.14. The van der Waals surface area contributed by atoms with E-state index < -0.39 is 24.4 Å². The molecule has 126 valence electrons. The topological polar surface area (TPSA) is 91.7 Å². The number of hydrogen-bond acceptors (Lipinski definition) is 5. The van der Waals surface area contributed by atoms with Crippen molar-refractivity contribution >= 4 is 5.91 Å². The maximum absolute atomic E-state index is 12.1. The lowest BCUT2D eigenvalue weighted by Crippen LogP contribution is -2.57. The van der Waals surface area contributed by atoms with Crippen LogP contribution in [-0.4, -0.2) is 45.5 Å². The second-order valence-electron chi connectivity index (χ2n) is 5.82. The van der Waals surface area contributed by atoms with Crippen molar-refractivity contribution in [3.8, 4) is 5.75 Å². The van der Waals surface area contributed by atoms with Gasteiger partial charge in [-0.05, 0) is 37.1 Å². The van der Waals surface area contributed by atoms with Crippen LogP contribution in [0.5, 0.6) is 5.75 Å². The average molecular weight is 328 g/mol. The molecular weight excluding hydrogens is 308 g/mol. The first-order valence-electron chi connectivity index (χ1n) is 7.95. The van der Waals surface area contributed by atoms with E-state index in [0.717, 1.165) is 0 Å². The van der Waals surface area contributed by atoms with Gasteiger partial charge in [-0.1, -0.05) is 24.3 Å². The number of carbonyl (C=O) groups is 1. The standard InChI is InChI=1S/C18H20N2O4/c21-16-13(20-18(23)14-8-4-5-11-19-14)9-10-15(17(16)22)24-12-6-2-1-3-7-12/h1-8,11,13,15-17,21-22H,9-10H2,(H,20,23)/t13-,15-,16+,17+/m1/s1. The zero-order valence-electron chi connectivity index (χ0n) is 13.1. The number of nitrogens with zero attached hydrogens (tertiary/aromatic N) is 1. The predicted molar refractivity (Wildman–Crippen MR) is 87.6 cm³/mol. The molecule has 0 bridgehead atoms. The Bertz CT molecular complexity index is 665. The minimum absolute atomic E-state index is 0.279. The Morgan fingerprint density at radius 1 is 1.04 bits per heavy atom. The molecule has 1 amide bonds. The van der Waals surface area contributed by atoms with Gasteiger partial charge in [0.15, 0.2) is 0 Å². The first-order chi connectivity index (χ1) is 11.6. The highest BCUT2D eigenvalue weighted by Crippen LogP contribution is 2.25. The molecule has 1 saturated carbocycles. The minimum atomic E-state index is -1.10. The summed E-state index contributed by atoms with van der Waals surface area (Å²) in [6.07, 6.45) is -0.113. The molecule has 0 unspecified atom stereocenters. The highest BCUT2D eigenvalue weighted by molar-refractivity contribution is 5.92. The second-order valence-corrected chi connectivity index (χ2v) is 5.82. The highest BCUT2D eigenvalue weighted by Gasteiger charge is 2.39. The molecule has 1 aliphatic rings. The summed E-state index contributed by atoms with van der Waals surface area (Å²) in [7, 11) is 0. The summed E-state index contributed by atoms with van der Waals surface area (Å²) in [6, 6.07) is 13.7. The first-order valence-corrected chi connectivity index (χ1v) is 7.95. The molecule has 1 aromatic heterocycles. The van der Waals surface area contributed by atoms with Crippen molar-refractivity contribution in [2.45, 2.75) is 37.2 Å². The van der Waals surface area contributed by atoms with Gasteiger partial charge in [-0.15, -0.1) is 0 Å². The van der Waals surface area contributed by atoms with Crippen LogP contribution in [0.15, 0.2) is 54.7 Å². The average Bonchev–Trinajstić information content (AvgIpc) is 2.63. The lowest BCUT2D eigenvalue weighted by molar-refractivity contribution is -0.0874. The number of aliphatic hydroxyl groups is 2. The summed E-state index contributed by atoms with van der Waals surface area (Å²) in [5.74, 6) is 0.277. The van der Waals surface area contributed by atoms with E-state index in [-0.39, 0.29) is 11.6 Å². The Hall–Kier alpha value is -2.44. The third-order valence-electron chi connectivity index (χ3n) is 4.15. The van der Waals surface area contributed by atoms with Crippen molar-refractivity contribution in [3.05, 3.63) is 60.4 Å². The minimum Gasteiger partial charge on any atom is -0.488 e. The molecule has 4 atom stereocenters. The van der Waals surface area contributed by atoms with E-state index in [1.165, 1.54) is 6.20 Å². The van der Waals surface area contributed by atoms with E-state index in [9.17, 15) is 15.0 Å². The SMILES string of the molecule is O=C(N[C@@H]1CC[C@@H](Oc2ccccc2)[C@H](O)[C@H]1O)c1ccccn1. The lowest BCUT2D eigenvalue weighted by atomic mass is 9.87. The van der Waals surface area contributed by atoms with Crippen molar-refractivity contribution in [2.24, 2.45) is 0 Å². The normalized spacial score (nSPS) is 26.6. The number of nitrogens with one attached hydrogen (secondary N) is 1. The van der Waals surface area contributed by atoms with Crippen LogP contribution in [0.1, 0.15) is 23.3 Å². The summed E-state index contributed by atoms with van der Waals surface area (Å²) < 4.78 is 5.74. The molecule has 1 aliphatic carbocycles. The fourth-order valence-electron chi connectivity index (χ4n) is 2.84. The largest absolute Gasteiger partial charge is 0.488 e. The summed E-state index contributed by atoms with van der Waals surface area (Å²) in [6.45, 7) is 0. The molecule has 1 fully saturated rings. The number of carbonyl (C=O) groups excluding carboxylic acids is 1. The van der Waals surface area contributed by atoms with Gasteiger partial charge in [0.2, 0.25) is 0 Å². The Morgan fingerprint density at radius 3 is 2.50 bits per heavy atom. The molecule has 0 radical (unpaired) electrons. The van der Waals surface area contributed by atoms with Crippen molar-refractivity contribution in [3.63, 3.8) is 0 Å². The first kappa shape index (κ1) is 16.4. The number of amides is 1. The fraction of sp³-hybridized carbons (Fsp3) is 0.333. The van der Waals surface area contributed by atoms with Gasteiger partial charge in [0.25, 0.3) is 5.91 Å². The highest BCUT2D eigenvalue weighted by atomic mass is 16.5. The van der Waals surface area contributed by atoms with E-state index in [1.54, 1.807) is 30.3 Å². The fourth-order valence-corrected chi connectivity index (χ4v) is 2.84. The third kappa shape index (κ3) is 3.72. The number of para-hydroxylation sites is 1. The van der Waals surface area contributed by atoms with Crippen LogP contribution in [0.4, 0.5) is 0 Å². The van der Waals surface area contributed by atoms with Crippen LogP contribution in [0.2, 0.25) is 0 Å². The quantitative estimate of drug-likeness (QED) is 0.783. The van der Waals surface area contributed by atoms with Crippen LogP contribution in [-0.2, 0) is 0 Å². The Balaban J connectivity index is 1.60. The molecule has 0 spiro atoms. The van der Waals surface area contributed by atoms with Crippen molar-refractivity contribution in [1.82, 2.24) is 10.3 Å². The number of aromatic nitrogens is 1. The summed E-state index contributed by atoms with van der Waals surface area (Å²) >= 11 is 0. The van der Waals surface area contributed by atoms with Crippen LogP contribution in [0.3, 0.4) is 0 Å². The third-order valence-corrected chi connectivity index (χ3v) is 4.15. The molecule has 3 rings (SSSR count). The van der Waals surface area contributed by atoms with E-state index in [0.29, 0.717) is 18.6 Å². The van der Waals surface area contributed by atoms with Gasteiger partial charge in [0.1, 0.15) is 29.8 Å². The molecule has 6 nitrogen and oxygen atoms in total. The Morgan fingerprint density at radius 2 is 1.79 bits per heavy atom. The van der Waals surface area contributed by atoms with Gasteiger partial charge in [0.05, 0.1) is 6.04 Å². The molecule has 24 heavy (non-hydrogen) atoms. The number of aliphatic hydroxyl groups excluding tert-OH is 2. The Kier molecular flexibility index (Phi) is 5.08. The zero-order chi connectivity index (χ0) is 16.9. The van der Waals surface area contributed by atoms with Crippen molar-refractivity contribution in [1.29, 1.82) is 0 Å². The maximum atomic E-state index is 12.1. The Labute approximate surface area is 140 Å². The van der Waals surface area contributed by atoms with Gasteiger partial charge < -0.3 is 20.3 Å². The number of ether oxygens (including phenoxy) is 1. The molecule has 2 aromatic rings. The van der Waals surface area contributed by atoms with Crippen LogP contribution < -0.4 is 10.1 Å². The zero-order valence-corrected chi connectivity index (χ0v) is 13.1. The number of benzene rings is 1. The molecule has 1 heterocycles. The van der Waals surface area contributed by atoms with Crippen LogP contribution >= 0.6 is 0 Å². The number of rotatable bonds is 4. The monoisotopic (exact) mass is 328 g/mol. The lowest BCUT2D eigenvalue weighted by Gasteiger charge is -2.37. The smallest absolute Gasteiger partial charge is 0.270 e. The van der Waals surface area contributed by atoms with E-state index >= 15 is 0 Å². The van der Waals surface area contributed by atoms with Gasteiger partial charge in [0, 0.05) is 6.20 Å². The van der Waals surface area contributed by atoms with Gasteiger partial charge in [-0.2, -0.15) is 0 Å². The molecule has 0 saturated heterocycles. The summed E-state index contributed by atoms with van der Waals surface area (Å²) in [5.41, 5.74) is 0.279. The molecule has 1 aromatic carbocycles. The van der Waals surface area contributed by atoms with Crippen LogP contribution in [0, 0.1) is 0 Å². The van der Waals surface area contributed by atoms with Crippen molar-refractivity contribution in [2.75, 3.05) is 0 Å². The van der Waals surface area contributed by atoms with E-state index in [1.807, 2.05) is 18.2 Å². The second kappa shape index (κ2) is 7.42. The van der Waals surface area contributed by atoms with Gasteiger partial charge in [-0.25, -0.2) is 0 Å². The summed E-state index contributed by atoms with van der Waals surface area (Å²) in [5, 5.41) is 23.4. The number of pyridine rings is 1. The molecular formula is C18H20N2O4. The van der Waals surface area contributed by atoms with Gasteiger partial charge in [-0.3, -0.25) is 9.78 Å². The van der Waals surface area contributed by atoms with Crippen LogP contribution in [0.25, 0.3) is 0 Å². The van der Waals surface area contributed by atoms with Crippen molar-refractivity contribution < 1.29 is 19.7 Å². The molecule has 6 heteroatoms.